The average molecular weight is 469 g/mol. The maximum atomic E-state index is 13.4. The van der Waals surface area contributed by atoms with E-state index in [1.807, 2.05) is 62.4 Å². The van der Waals surface area contributed by atoms with Crippen molar-refractivity contribution >= 4 is 58.2 Å². The van der Waals surface area contributed by atoms with E-state index in [4.69, 9.17) is 23.2 Å². The van der Waals surface area contributed by atoms with Crippen molar-refractivity contribution in [3.05, 3.63) is 98.5 Å². The van der Waals surface area contributed by atoms with Crippen molar-refractivity contribution in [1.82, 2.24) is 0 Å². The summed E-state index contributed by atoms with van der Waals surface area (Å²) < 4.78 is 0. The number of carbonyl (C=O) groups excluding carboxylic acids is 2. The van der Waals surface area contributed by atoms with Crippen LogP contribution in [-0.2, 0) is 9.59 Å². The molecule has 0 unspecified atom stereocenters. The van der Waals surface area contributed by atoms with Gasteiger partial charge >= 0.3 is 0 Å². The molecule has 3 aromatic carbocycles. The molecule has 3 aromatic rings. The standard InChI is InChI=1S/C24H18Cl2N2O2S/c1-14-8-15(2)10-18(9-14)27-21-22(31-20-6-4-3-5-7-20)24(30)28(23(21)29)19-12-16(25)11-17(26)13-19/h3-13,27H,1-2H3. The predicted octanol–water partition coefficient (Wildman–Crippen LogP) is 6.60. The van der Waals surface area contributed by atoms with Crippen LogP contribution in [0, 0.1) is 13.8 Å². The van der Waals surface area contributed by atoms with Crippen LogP contribution < -0.4 is 10.2 Å². The van der Waals surface area contributed by atoms with E-state index in [0.29, 0.717) is 20.6 Å². The predicted molar refractivity (Wildman–Crippen MR) is 128 cm³/mol. The van der Waals surface area contributed by atoms with Crippen LogP contribution in [0.4, 0.5) is 11.4 Å². The Labute approximate surface area is 194 Å². The van der Waals surface area contributed by atoms with Crippen molar-refractivity contribution in [3.8, 4) is 0 Å². The molecule has 4 nitrogen and oxygen atoms in total. The average Bonchev–Trinajstić information content (AvgIpc) is 2.91. The SMILES string of the molecule is Cc1cc(C)cc(NC2=C(Sc3ccccc3)C(=O)N(c3cc(Cl)cc(Cl)c3)C2=O)c1. The zero-order chi connectivity index (χ0) is 22.1. The monoisotopic (exact) mass is 468 g/mol. The van der Waals surface area contributed by atoms with Crippen LogP contribution >= 0.6 is 35.0 Å². The third-order valence-electron chi connectivity index (χ3n) is 4.60. The molecule has 7 heteroatoms. The second-order valence-electron chi connectivity index (χ2n) is 7.19. The Kier molecular flexibility index (Phi) is 6.10. The molecule has 1 aliphatic heterocycles. The number of benzene rings is 3. The molecular weight excluding hydrogens is 451 g/mol. The Morgan fingerprint density at radius 1 is 0.806 bits per heavy atom. The summed E-state index contributed by atoms with van der Waals surface area (Å²) in [4.78, 5) is 29.0. The number of thioether (sulfide) groups is 1. The highest BCUT2D eigenvalue weighted by Crippen LogP contribution is 2.39. The fourth-order valence-electron chi connectivity index (χ4n) is 3.42. The number of rotatable bonds is 5. The van der Waals surface area contributed by atoms with Gasteiger partial charge < -0.3 is 5.32 Å². The van der Waals surface area contributed by atoms with Crippen molar-refractivity contribution in [1.29, 1.82) is 0 Å². The quantitative estimate of drug-likeness (QED) is 0.428. The van der Waals surface area contributed by atoms with E-state index in [1.54, 1.807) is 18.2 Å². The summed E-state index contributed by atoms with van der Waals surface area (Å²) in [6.07, 6.45) is 0. The number of hydrogen-bond acceptors (Lipinski definition) is 4. The zero-order valence-corrected chi connectivity index (χ0v) is 19.1. The molecule has 0 fully saturated rings. The maximum absolute atomic E-state index is 13.4. The molecule has 0 saturated heterocycles. The fourth-order valence-corrected chi connectivity index (χ4v) is 4.88. The van der Waals surface area contributed by atoms with Crippen molar-refractivity contribution in [2.45, 2.75) is 18.7 Å². The molecule has 0 bridgehead atoms. The minimum absolute atomic E-state index is 0.222. The molecule has 156 valence electrons. The van der Waals surface area contributed by atoms with Gasteiger partial charge in [0, 0.05) is 20.6 Å². The highest BCUT2D eigenvalue weighted by atomic mass is 35.5. The lowest BCUT2D eigenvalue weighted by Gasteiger charge is -2.16. The molecule has 0 radical (unpaired) electrons. The van der Waals surface area contributed by atoms with Gasteiger partial charge in [0.05, 0.1) is 5.69 Å². The second kappa shape index (κ2) is 8.79. The molecule has 1 N–H and O–H groups in total. The largest absolute Gasteiger partial charge is 0.350 e. The highest BCUT2D eigenvalue weighted by Gasteiger charge is 2.40. The summed E-state index contributed by atoms with van der Waals surface area (Å²) in [5.41, 5.74) is 3.40. The molecule has 1 aliphatic rings. The van der Waals surface area contributed by atoms with Gasteiger partial charge in [-0.15, -0.1) is 0 Å². The summed E-state index contributed by atoms with van der Waals surface area (Å²) in [7, 11) is 0. The van der Waals surface area contributed by atoms with Crippen LogP contribution in [0.1, 0.15) is 11.1 Å². The van der Waals surface area contributed by atoms with E-state index < -0.39 is 11.8 Å². The lowest BCUT2D eigenvalue weighted by molar-refractivity contribution is -0.120. The first kappa shape index (κ1) is 21.5. The number of hydrogen-bond donors (Lipinski definition) is 1. The molecule has 0 aliphatic carbocycles. The summed E-state index contributed by atoms with van der Waals surface area (Å²) in [6.45, 7) is 3.96. The van der Waals surface area contributed by atoms with E-state index in [0.717, 1.165) is 26.6 Å². The van der Waals surface area contributed by atoms with Gasteiger partial charge in [-0.3, -0.25) is 9.59 Å². The molecule has 31 heavy (non-hydrogen) atoms. The summed E-state index contributed by atoms with van der Waals surface area (Å²) in [6, 6.07) is 20.0. The number of imide groups is 1. The minimum Gasteiger partial charge on any atom is -0.350 e. The zero-order valence-electron chi connectivity index (χ0n) is 16.8. The normalized spacial score (nSPS) is 13.9. The van der Waals surface area contributed by atoms with Gasteiger partial charge in [0.1, 0.15) is 10.6 Å². The Bertz CT molecular complexity index is 1190. The maximum Gasteiger partial charge on any atom is 0.283 e. The first-order valence-electron chi connectivity index (χ1n) is 9.49. The Morgan fingerprint density at radius 2 is 1.42 bits per heavy atom. The topological polar surface area (TPSA) is 49.4 Å². The van der Waals surface area contributed by atoms with Crippen molar-refractivity contribution < 1.29 is 9.59 Å². The van der Waals surface area contributed by atoms with Gasteiger partial charge in [-0.2, -0.15) is 0 Å². The molecule has 2 amide bonds. The van der Waals surface area contributed by atoms with Crippen LogP contribution in [0.2, 0.25) is 10.0 Å². The fraction of sp³-hybridized carbons (Fsp3) is 0.0833. The van der Waals surface area contributed by atoms with Crippen LogP contribution in [0.3, 0.4) is 0 Å². The van der Waals surface area contributed by atoms with E-state index in [9.17, 15) is 9.59 Å². The Hall–Kier alpha value is -2.73. The minimum atomic E-state index is -0.457. The molecular formula is C24H18Cl2N2O2S. The number of nitrogens with one attached hydrogen (secondary N) is 1. The molecule has 0 atom stereocenters. The third-order valence-corrected chi connectivity index (χ3v) is 6.13. The van der Waals surface area contributed by atoms with E-state index in [1.165, 1.54) is 11.8 Å². The third kappa shape index (κ3) is 4.64. The van der Waals surface area contributed by atoms with Gasteiger partial charge in [-0.05, 0) is 67.4 Å². The van der Waals surface area contributed by atoms with Gasteiger partial charge in [0.25, 0.3) is 11.8 Å². The van der Waals surface area contributed by atoms with E-state index in [2.05, 4.69) is 5.32 Å². The first-order chi connectivity index (χ1) is 14.8. The molecule has 4 rings (SSSR count). The van der Waals surface area contributed by atoms with Crippen LogP contribution in [0.15, 0.2) is 82.2 Å². The van der Waals surface area contributed by atoms with Crippen molar-refractivity contribution in [3.63, 3.8) is 0 Å². The van der Waals surface area contributed by atoms with Crippen molar-refractivity contribution in [2.75, 3.05) is 10.2 Å². The lowest BCUT2D eigenvalue weighted by Crippen LogP contribution is -2.32. The van der Waals surface area contributed by atoms with Gasteiger partial charge in [0.15, 0.2) is 0 Å². The smallest absolute Gasteiger partial charge is 0.283 e. The summed E-state index contributed by atoms with van der Waals surface area (Å²) in [5.74, 6) is -0.884. The highest BCUT2D eigenvalue weighted by molar-refractivity contribution is 8.04. The number of anilines is 2. The number of nitrogens with zero attached hydrogens (tertiary/aromatic N) is 1. The van der Waals surface area contributed by atoms with Gasteiger partial charge in [0.2, 0.25) is 0 Å². The molecule has 0 spiro atoms. The number of carbonyl (C=O) groups is 2. The number of aryl methyl sites for hydroxylation is 2. The van der Waals surface area contributed by atoms with Crippen LogP contribution in [-0.4, -0.2) is 11.8 Å². The van der Waals surface area contributed by atoms with Crippen LogP contribution in [0.5, 0.6) is 0 Å². The summed E-state index contributed by atoms with van der Waals surface area (Å²) >= 11 is 13.5. The first-order valence-corrected chi connectivity index (χ1v) is 11.1. The Morgan fingerprint density at radius 3 is 2.03 bits per heavy atom. The number of amides is 2. The summed E-state index contributed by atoms with van der Waals surface area (Å²) in [5, 5.41) is 3.87. The molecule has 0 aromatic heterocycles. The molecule has 0 saturated carbocycles. The van der Waals surface area contributed by atoms with Gasteiger partial charge in [-0.25, -0.2) is 4.90 Å². The van der Waals surface area contributed by atoms with Crippen molar-refractivity contribution in [2.24, 2.45) is 0 Å². The number of halogens is 2. The van der Waals surface area contributed by atoms with E-state index in [-0.39, 0.29) is 5.70 Å². The van der Waals surface area contributed by atoms with Crippen LogP contribution in [0.25, 0.3) is 0 Å². The second-order valence-corrected chi connectivity index (χ2v) is 9.15. The molecule has 1 heterocycles. The van der Waals surface area contributed by atoms with E-state index >= 15 is 0 Å². The lowest BCUT2D eigenvalue weighted by atomic mass is 10.1. The Balaban J connectivity index is 1.78. The van der Waals surface area contributed by atoms with Gasteiger partial charge in [-0.1, -0.05) is 59.2 Å².